The van der Waals surface area contributed by atoms with Gasteiger partial charge in [-0.15, -0.1) is 0 Å². The Bertz CT molecular complexity index is 635. The van der Waals surface area contributed by atoms with E-state index in [2.05, 4.69) is 15.6 Å². The van der Waals surface area contributed by atoms with Gasteiger partial charge in [0.1, 0.15) is 9.84 Å². The van der Waals surface area contributed by atoms with Crippen molar-refractivity contribution in [2.75, 3.05) is 38.3 Å². The second-order valence-electron chi connectivity index (χ2n) is 5.39. The lowest BCUT2D eigenvalue weighted by molar-refractivity contribution is 0.157. The highest BCUT2D eigenvalue weighted by Crippen LogP contribution is 2.21. The third kappa shape index (κ3) is 8.52. The van der Waals surface area contributed by atoms with Gasteiger partial charge in [-0.2, -0.15) is 0 Å². The summed E-state index contributed by atoms with van der Waals surface area (Å²) < 4.78 is 27.3. The normalized spacial score (nSPS) is 13.6. The van der Waals surface area contributed by atoms with E-state index in [0.29, 0.717) is 24.1 Å². The summed E-state index contributed by atoms with van der Waals surface area (Å²) in [6, 6.07) is 7.67. The van der Waals surface area contributed by atoms with Crippen molar-refractivity contribution >= 4 is 27.4 Å². The zero-order chi connectivity index (χ0) is 18.0. The second-order valence-corrected chi connectivity index (χ2v) is 8.06. The van der Waals surface area contributed by atoms with E-state index in [1.54, 1.807) is 0 Å². The van der Waals surface area contributed by atoms with Crippen molar-refractivity contribution in [3.8, 4) is 0 Å². The fraction of sp³-hybridized carbons (Fsp3) is 0.562. The molecule has 0 radical (unpaired) electrons. The summed E-state index contributed by atoms with van der Waals surface area (Å²) in [6.07, 6.45) is 1.19. The molecular weight excluding hydrogens is 350 g/mol. The van der Waals surface area contributed by atoms with Crippen molar-refractivity contribution in [2.45, 2.75) is 19.9 Å². The minimum absolute atomic E-state index is 0.00246. The fourth-order valence-corrected chi connectivity index (χ4v) is 2.68. The van der Waals surface area contributed by atoms with Crippen LogP contribution in [0, 0.1) is 0 Å². The van der Waals surface area contributed by atoms with E-state index in [1.165, 1.54) is 6.26 Å². The molecule has 8 heteroatoms. The van der Waals surface area contributed by atoms with Crippen LogP contribution >= 0.6 is 11.6 Å². The molecule has 0 heterocycles. The van der Waals surface area contributed by atoms with E-state index in [4.69, 9.17) is 16.3 Å². The lowest BCUT2D eigenvalue weighted by atomic mass is 10.1. The first-order valence-corrected chi connectivity index (χ1v) is 10.3. The van der Waals surface area contributed by atoms with E-state index < -0.39 is 9.84 Å². The monoisotopic (exact) mass is 375 g/mol. The number of halogens is 1. The van der Waals surface area contributed by atoms with Gasteiger partial charge in [0.05, 0.1) is 31.6 Å². The lowest BCUT2D eigenvalue weighted by Crippen LogP contribution is -2.39. The molecule has 1 aromatic rings. The summed E-state index contributed by atoms with van der Waals surface area (Å²) in [5, 5.41) is 7.16. The predicted octanol–water partition coefficient (Wildman–Crippen LogP) is 2.02. The Morgan fingerprint density at radius 1 is 1.33 bits per heavy atom. The quantitative estimate of drug-likeness (QED) is 0.392. The van der Waals surface area contributed by atoms with Crippen molar-refractivity contribution in [1.82, 2.24) is 10.6 Å². The number of ether oxygens (including phenoxy) is 1. The molecule has 0 spiro atoms. The largest absolute Gasteiger partial charge is 0.378 e. The van der Waals surface area contributed by atoms with Gasteiger partial charge in [0.25, 0.3) is 0 Å². The van der Waals surface area contributed by atoms with Gasteiger partial charge < -0.3 is 15.4 Å². The fourth-order valence-electron chi connectivity index (χ4n) is 1.96. The molecule has 0 amide bonds. The Kier molecular flexibility index (Phi) is 9.10. The highest BCUT2D eigenvalue weighted by Gasteiger charge is 2.10. The van der Waals surface area contributed by atoms with Crippen LogP contribution in [0.2, 0.25) is 5.02 Å². The van der Waals surface area contributed by atoms with E-state index >= 15 is 0 Å². The number of nitrogens with one attached hydrogen (secondary N) is 2. The zero-order valence-electron chi connectivity index (χ0n) is 14.4. The molecule has 136 valence electrons. The summed E-state index contributed by atoms with van der Waals surface area (Å²) in [6.45, 7) is 5.72. The Labute approximate surface area is 149 Å². The van der Waals surface area contributed by atoms with Gasteiger partial charge in [0, 0.05) is 17.8 Å². The third-order valence-corrected chi connectivity index (χ3v) is 4.43. The van der Waals surface area contributed by atoms with Crippen LogP contribution in [0.15, 0.2) is 29.3 Å². The van der Waals surface area contributed by atoms with Crippen LogP contribution in [0.1, 0.15) is 25.5 Å². The van der Waals surface area contributed by atoms with Gasteiger partial charge in [-0.25, -0.2) is 8.42 Å². The number of aliphatic imine (C=N–C) groups is 1. The molecule has 1 unspecified atom stereocenters. The number of sulfone groups is 1. The smallest absolute Gasteiger partial charge is 0.191 e. The van der Waals surface area contributed by atoms with Gasteiger partial charge >= 0.3 is 0 Å². The first kappa shape index (κ1) is 20.7. The minimum atomic E-state index is -2.98. The number of hydrogen-bond donors (Lipinski definition) is 2. The first-order valence-electron chi connectivity index (χ1n) is 7.88. The van der Waals surface area contributed by atoms with Gasteiger partial charge in [0.15, 0.2) is 5.96 Å². The number of hydrogen-bond acceptors (Lipinski definition) is 4. The SMILES string of the molecule is CCNC(=NCCOCCS(C)(=O)=O)NC(C)c1ccccc1Cl. The molecule has 1 atom stereocenters. The molecular formula is C16H26ClN3O3S. The molecule has 0 aliphatic heterocycles. The molecule has 24 heavy (non-hydrogen) atoms. The average Bonchev–Trinajstić information content (AvgIpc) is 2.50. The minimum Gasteiger partial charge on any atom is -0.378 e. The molecule has 0 saturated heterocycles. The molecule has 0 aromatic heterocycles. The van der Waals surface area contributed by atoms with Crippen molar-refractivity contribution in [2.24, 2.45) is 4.99 Å². The summed E-state index contributed by atoms with van der Waals surface area (Å²) in [5.41, 5.74) is 0.995. The second kappa shape index (κ2) is 10.5. The summed E-state index contributed by atoms with van der Waals surface area (Å²) in [7, 11) is -2.98. The molecule has 0 bridgehead atoms. The number of rotatable bonds is 9. The molecule has 2 N–H and O–H groups in total. The molecule has 0 fully saturated rings. The van der Waals surface area contributed by atoms with E-state index in [0.717, 1.165) is 12.1 Å². The van der Waals surface area contributed by atoms with Crippen LogP contribution in [0.5, 0.6) is 0 Å². The Morgan fingerprint density at radius 3 is 2.67 bits per heavy atom. The van der Waals surface area contributed by atoms with Crippen molar-refractivity contribution < 1.29 is 13.2 Å². The van der Waals surface area contributed by atoms with Crippen LogP contribution in [0.4, 0.5) is 0 Å². The van der Waals surface area contributed by atoms with Crippen LogP contribution in [-0.4, -0.2) is 52.7 Å². The highest BCUT2D eigenvalue weighted by atomic mass is 35.5. The standard InChI is InChI=1S/C16H26ClN3O3S/c1-4-18-16(19-9-10-23-11-12-24(3,21)22)20-13(2)14-7-5-6-8-15(14)17/h5-8,13H,4,9-12H2,1-3H3,(H2,18,19,20). The van der Waals surface area contributed by atoms with Crippen LogP contribution < -0.4 is 10.6 Å². The van der Waals surface area contributed by atoms with Crippen molar-refractivity contribution in [1.29, 1.82) is 0 Å². The van der Waals surface area contributed by atoms with Crippen LogP contribution in [0.3, 0.4) is 0 Å². The van der Waals surface area contributed by atoms with E-state index in [1.807, 2.05) is 38.1 Å². The first-order chi connectivity index (χ1) is 11.3. The maximum atomic E-state index is 11.0. The lowest BCUT2D eigenvalue weighted by Gasteiger charge is -2.19. The molecule has 0 aliphatic carbocycles. The van der Waals surface area contributed by atoms with Gasteiger partial charge in [-0.1, -0.05) is 29.8 Å². The molecule has 1 rings (SSSR count). The zero-order valence-corrected chi connectivity index (χ0v) is 16.0. The van der Waals surface area contributed by atoms with Crippen molar-refractivity contribution in [3.05, 3.63) is 34.9 Å². The third-order valence-electron chi connectivity index (χ3n) is 3.17. The van der Waals surface area contributed by atoms with Crippen molar-refractivity contribution in [3.63, 3.8) is 0 Å². The van der Waals surface area contributed by atoms with Gasteiger partial charge in [-0.05, 0) is 25.5 Å². The Hall–Kier alpha value is -1.31. The van der Waals surface area contributed by atoms with Gasteiger partial charge in [-0.3, -0.25) is 4.99 Å². The number of benzene rings is 1. The molecule has 1 aromatic carbocycles. The van der Waals surface area contributed by atoms with Gasteiger partial charge in [0.2, 0.25) is 0 Å². The predicted molar refractivity (Wildman–Crippen MR) is 99.5 cm³/mol. The maximum Gasteiger partial charge on any atom is 0.191 e. The van der Waals surface area contributed by atoms with E-state index in [9.17, 15) is 8.42 Å². The summed E-state index contributed by atoms with van der Waals surface area (Å²) >= 11 is 6.21. The maximum absolute atomic E-state index is 11.0. The Morgan fingerprint density at radius 2 is 2.04 bits per heavy atom. The highest BCUT2D eigenvalue weighted by molar-refractivity contribution is 7.90. The van der Waals surface area contributed by atoms with Crippen LogP contribution in [0.25, 0.3) is 0 Å². The summed E-state index contributed by atoms with van der Waals surface area (Å²) in [4.78, 5) is 4.42. The average molecular weight is 376 g/mol. The molecule has 0 aliphatic rings. The van der Waals surface area contributed by atoms with Crippen LogP contribution in [-0.2, 0) is 14.6 Å². The number of nitrogens with zero attached hydrogens (tertiary/aromatic N) is 1. The topological polar surface area (TPSA) is 79.8 Å². The summed E-state index contributed by atoms with van der Waals surface area (Å²) in [5.74, 6) is 0.690. The van der Waals surface area contributed by atoms with E-state index in [-0.39, 0.29) is 18.4 Å². The molecule has 6 nitrogen and oxygen atoms in total. The molecule has 0 saturated carbocycles. The Balaban J connectivity index is 2.49. The number of guanidine groups is 1.